The number of para-hydroxylation sites is 1. The van der Waals surface area contributed by atoms with Gasteiger partial charge in [0.1, 0.15) is 5.71 Å². The Morgan fingerprint density at radius 1 is 1.38 bits per heavy atom. The van der Waals surface area contributed by atoms with Gasteiger partial charge < -0.3 is 10.5 Å². The highest BCUT2D eigenvalue weighted by atomic mass is 32.1. The lowest BCUT2D eigenvalue weighted by atomic mass is 10.3. The molecule has 0 fully saturated rings. The summed E-state index contributed by atoms with van der Waals surface area (Å²) in [6.07, 6.45) is 0. The lowest BCUT2D eigenvalue weighted by molar-refractivity contribution is 0.319. The molecule has 2 aromatic rings. The highest BCUT2D eigenvalue weighted by molar-refractivity contribution is 7.09. The molecule has 2 rings (SSSR count). The number of aromatic nitrogens is 2. The van der Waals surface area contributed by atoms with E-state index in [1.165, 1.54) is 11.5 Å². The highest BCUT2D eigenvalue weighted by Gasteiger charge is 2.06. The normalized spacial score (nSPS) is 11.4. The zero-order valence-electron chi connectivity index (χ0n) is 8.58. The first-order chi connectivity index (χ1) is 7.79. The summed E-state index contributed by atoms with van der Waals surface area (Å²) in [7, 11) is 0. The van der Waals surface area contributed by atoms with Crippen LogP contribution in [-0.2, 0) is 0 Å². The maximum absolute atomic E-state index is 8.58. The molecule has 2 N–H and O–H groups in total. The SMILES string of the molecule is CC(=NO)c1nsc(Nc2ccccc2)n1. The fourth-order valence-corrected chi connectivity index (χ4v) is 1.75. The van der Waals surface area contributed by atoms with E-state index in [-0.39, 0.29) is 0 Å². The predicted molar refractivity (Wildman–Crippen MR) is 63.6 cm³/mol. The van der Waals surface area contributed by atoms with Crippen LogP contribution in [0.2, 0.25) is 0 Å². The molecular formula is C10H10N4OS. The largest absolute Gasteiger partial charge is 0.411 e. The second-order valence-corrected chi connectivity index (χ2v) is 3.85. The second kappa shape index (κ2) is 4.71. The molecule has 5 nitrogen and oxygen atoms in total. The van der Waals surface area contributed by atoms with E-state index in [1.807, 2.05) is 30.3 Å². The van der Waals surface area contributed by atoms with Crippen molar-refractivity contribution in [1.29, 1.82) is 0 Å². The summed E-state index contributed by atoms with van der Waals surface area (Å²) in [6.45, 7) is 1.65. The number of nitrogens with zero attached hydrogens (tertiary/aromatic N) is 3. The first-order valence-corrected chi connectivity index (χ1v) is 5.42. The van der Waals surface area contributed by atoms with Gasteiger partial charge in [-0.05, 0) is 19.1 Å². The Bertz CT molecular complexity index is 495. The van der Waals surface area contributed by atoms with Gasteiger partial charge in [0.2, 0.25) is 5.13 Å². The number of hydrogen-bond donors (Lipinski definition) is 2. The molecule has 1 aromatic carbocycles. The Morgan fingerprint density at radius 3 is 2.81 bits per heavy atom. The molecule has 0 saturated carbocycles. The standard InChI is InChI=1S/C10H10N4OS/c1-7(13-15)9-12-10(16-14-9)11-8-5-3-2-4-6-8/h2-6,15H,1H3,(H,11,12,14). The maximum Gasteiger partial charge on any atom is 0.207 e. The van der Waals surface area contributed by atoms with Gasteiger partial charge in [-0.1, -0.05) is 23.4 Å². The Kier molecular flexibility index (Phi) is 3.11. The fraction of sp³-hybridized carbons (Fsp3) is 0.100. The van der Waals surface area contributed by atoms with Crippen LogP contribution >= 0.6 is 11.5 Å². The predicted octanol–water partition coefficient (Wildman–Crippen LogP) is 2.48. The third kappa shape index (κ3) is 2.34. The zero-order valence-corrected chi connectivity index (χ0v) is 9.40. The molecule has 0 saturated heterocycles. The molecule has 0 aliphatic rings. The van der Waals surface area contributed by atoms with Gasteiger partial charge in [0, 0.05) is 17.2 Å². The number of oxime groups is 1. The molecular weight excluding hydrogens is 224 g/mol. The number of rotatable bonds is 3. The van der Waals surface area contributed by atoms with Gasteiger partial charge in [0.15, 0.2) is 5.82 Å². The molecule has 82 valence electrons. The summed E-state index contributed by atoms with van der Waals surface area (Å²) >= 11 is 1.22. The van der Waals surface area contributed by atoms with E-state index in [1.54, 1.807) is 6.92 Å². The molecule has 1 aromatic heterocycles. The van der Waals surface area contributed by atoms with Crippen LogP contribution in [-0.4, -0.2) is 20.3 Å². The molecule has 0 unspecified atom stereocenters. The van der Waals surface area contributed by atoms with Gasteiger partial charge in [-0.2, -0.15) is 9.36 Å². The molecule has 0 amide bonds. The van der Waals surface area contributed by atoms with Crippen LogP contribution in [0.3, 0.4) is 0 Å². The van der Waals surface area contributed by atoms with E-state index in [0.717, 1.165) is 5.69 Å². The molecule has 0 spiro atoms. The van der Waals surface area contributed by atoms with Gasteiger partial charge in [0.05, 0.1) is 0 Å². The number of hydrogen-bond acceptors (Lipinski definition) is 6. The smallest absolute Gasteiger partial charge is 0.207 e. The Morgan fingerprint density at radius 2 is 2.12 bits per heavy atom. The van der Waals surface area contributed by atoms with Crippen molar-refractivity contribution in [3.8, 4) is 0 Å². The Balaban J connectivity index is 2.15. The molecule has 16 heavy (non-hydrogen) atoms. The lowest BCUT2D eigenvalue weighted by Crippen LogP contribution is -1.97. The van der Waals surface area contributed by atoms with Gasteiger partial charge in [-0.3, -0.25) is 0 Å². The van der Waals surface area contributed by atoms with Crippen LogP contribution in [0.4, 0.5) is 10.8 Å². The molecule has 0 radical (unpaired) electrons. The van der Waals surface area contributed by atoms with E-state index in [2.05, 4.69) is 19.8 Å². The molecule has 0 bridgehead atoms. The summed E-state index contributed by atoms with van der Waals surface area (Å²) in [4.78, 5) is 4.18. The number of nitrogens with one attached hydrogen (secondary N) is 1. The number of benzene rings is 1. The van der Waals surface area contributed by atoms with Crippen molar-refractivity contribution in [2.45, 2.75) is 6.92 Å². The van der Waals surface area contributed by atoms with Crippen molar-refractivity contribution >= 4 is 28.1 Å². The molecule has 0 aliphatic heterocycles. The Hall–Kier alpha value is -1.95. The minimum atomic E-state index is 0.400. The topological polar surface area (TPSA) is 70.4 Å². The van der Waals surface area contributed by atoms with Crippen molar-refractivity contribution < 1.29 is 5.21 Å². The second-order valence-electron chi connectivity index (χ2n) is 3.10. The first kappa shape index (κ1) is 10.6. The van der Waals surface area contributed by atoms with Gasteiger partial charge in [0.25, 0.3) is 0 Å². The van der Waals surface area contributed by atoms with E-state index < -0.39 is 0 Å². The van der Waals surface area contributed by atoms with E-state index >= 15 is 0 Å². The third-order valence-corrected chi connectivity index (χ3v) is 2.56. The average molecular weight is 234 g/mol. The van der Waals surface area contributed by atoms with Crippen molar-refractivity contribution in [3.63, 3.8) is 0 Å². The van der Waals surface area contributed by atoms with E-state index in [4.69, 9.17) is 5.21 Å². The van der Waals surface area contributed by atoms with Gasteiger partial charge in [-0.15, -0.1) is 0 Å². The lowest BCUT2D eigenvalue weighted by Gasteiger charge is -1.99. The van der Waals surface area contributed by atoms with Crippen molar-refractivity contribution in [2.24, 2.45) is 5.16 Å². The van der Waals surface area contributed by atoms with Crippen LogP contribution in [0, 0.1) is 0 Å². The molecule has 1 heterocycles. The van der Waals surface area contributed by atoms with Crippen LogP contribution in [0.15, 0.2) is 35.5 Å². The monoisotopic (exact) mass is 234 g/mol. The minimum absolute atomic E-state index is 0.400. The van der Waals surface area contributed by atoms with Crippen LogP contribution in [0.1, 0.15) is 12.7 Å². The average Bonchev–Trinajstić information content (AvgIpc) is 2.78. The summed E-state index contributed by atoms with van der Waals surface area (Å²) < 4.78 is 4.06. The summed E-state index contributed by atoms with van der Waals surface area (Å²) in [5.74, 6) is 0.436. The first-order valence-electron chi connectivity index (χ1n) is 4.64. The van der Waals surface area contributed by atoms with E-state index in [0.29, 0.717) is 16.7 Å². The van der Waals surface area contributed by atoms with Crippen LogP contribution < -0.4 is 5.32 Å². The zero-order chi connectivity index (χ0) is 11.4. The minimum Gasteiger partial charge on any atom is -0.411 e. The third-order valence-electron chi connectivity index (χ3n) is 1.92. The molecule has 0 atom stereocenters. The summed E-state index contributed by atoms with van der Waals surface area (Å²) in [5, 5.41) is 15.4. The number of anilines is 2. The quantitative estimate of drug-likeness (QED) is 0.486. The maximum atomic E-state index is 8.58. The summed E-state index contributed by atoms with van der Waals surface area (Å²) in [6, 6.07) is 9.69. The fourth-order valence-electron chi connectivity index (χ4n) is 1.11. The summed E-state index contributed by atoms with van der Waals surface area (Å²) in [5.41, 5.74) is 1.35. The van der Waals surface area contributed by atoms with Crippen molar-refractivity contribution in [1.82, 2.24) is 9.36 Å². The van der Waals surface area contributed by atoms with E-state index in [9.17, 15) is 0 Å². The molecule has 6 heteroatoms. The van der Waals surface area contributed by atoms with Gasteiger partial charge in [-0.25, -0.2) is 0 Å². The highest BCUT2D eigenvalue weighted by Crippen LogP contribution is 2.18. The Labute approximate surface area is 96.6 Å². The van der Waals surface area contributed by atoms with Gasteiger partial charge >= 0.3 is 0 Å². The van der Waals surface area contributed by atoms with Crippen LogP contribution in [0.5, 0.6) is 0 Å². The molecule has 0 aliphatic carbocycles. The van der Waals surface area contributed by atoms with Crippen molar-refractivity contribution in [2.75, 3.05) is 5.32 Å². The van der Waals surface area contributed by atoms with Crippen molar-refractivity contribution in [3.05, 3.63) is 36.2 Å². The van der Waals surface area contributed by atoms with Crippen LogP contribution in [0.25, 0.3) is 0 Å².